The lowest BCUT2D eigenvalue weighted by molar-refractivity contribution is -0.476. The summed E-state index contributed by atoms with van der Waals surface area (Å²) in [6.07, 6.45) is -2.19. The molecule has 0 radical (unpaired) electrons. The topological polar surface area (TPSA) is 85.0 Å². The molecular formula is C9H17N2O4+. The van der Waals surface area contributed by atoms with Crippen LogP contribution in [0.25, 0.3) is 0 Å². The van der Waals surface area contributed by atoms with E-state index in [-0.39, 0.29) is 18.8 Å². The van der Waals surface area contributed by atoms with Crippen LogP contribution in [0, 0.1) is 5.92 Å². The average Bonchev–Trinajstić information content (AvgIpc) is 2.69. The zero-order valence-corrected chi connectivity index (χ0v) is 8.79. The van der Waals surface area contributed by atoms with E-state index in [4.69, 9.17) is 9.84 Å². The Kier molecular flexibility index (Phi) is 2.57. The van der Waals surface area contributed by atoms with Gasteiger partial charge in [-0.15, -0.1) is 0 Å². The van der Waals surface area contributed by atoms with E-state index in [0.717, 1.165) is 0 Å². The summed E-state index contributed by atoms with van der Waals surface area (Å²) < 4.78 is 7.30. The van der Waals surface area contributed by atoms with E-state index in [0.29, 0.717) is 6.02 Å². The standard InChI is InChI=1S/C9H16N2O4/c1-11(2)9-10-5-7(14)6(13)4(3-12)8(5)15-9/h4-8,12-14H,3H2,1-2H3/p+1/t4-,5-,6-,7-,8+/m1/s1. The third-order valence-electron chi connectivity index (χ3n) is 3.09. The lowest BCUT2D eigenvalue weighted by Gasteiger charge is -2.16. The van der Waals surface area contributed by atoms with Gasteiger partial charge in [-0.25, -0.2) is 9.89 Å². The quantitative estimate of drug-likeness (QED) is 0.360. The van der Waals surface area contributed by atoms with Crippen LogP contribution in [0.5, 0.6) is 0 Å². The van der Waals surface area contributed by atoms with Gasteiger partial charge in [0, 0.05) is 0 Å². The van der Waals surface area contributed by atoms with Gasteiger partial charge in [0.15, 0.2) is 12.1 Å². The fourth-order valence-electron chi connectivity index (χ4n) is 2.20. The maximum absolute atomic E-state index is 9.73. The summed E-state index contributed by atoms with van der Waals surface area (Å²) in [5.41, 5.74) is 0. The smallest absolute Gasteiger partial charge is 0.423 e. The van der Waals surface area contributed by atoms with Crippen LogP contribution < -0.4 is 5.32 Å². The van der Waals surface area contributed by atoms with Crippen LogP contribution in [0.15, 0.2) is 0 Å². The number of hydrogen-bond donors (Lipinski definition) is 4. The number of aliphatic hydroxyl groups is 3. The van der Waals surface area contributed by atoms with Crippen molar-refractivity contribution in [3.63, 3.8) is 0 Å². The summed E-state index contributed by atoms with van der Waals surface area (Å²) in [4.78, 5) is 0. The molecular weight excluding hydrogens is 200 g/mol. The van der Waals surface area contributed by atoms with Gasteiger partial charge in [0.1, 0.15) is 6.10 Å². The van der Waals surface area contributed by atoms with Crippen LogP contribution in [-0.4, -0.2) is 71.0 Å². The Morgan fingerprint density at radius 2 is 2.00 bits per heavy atom. The summed E-state index contributed by atoms with van der Waals surface area (Å²) >= 11 is 0. The molecule has 0 aromatic carbocycles. The van der Waals surface area contributed by atoms with Crippen molar-refractivity contribution in [1.82, 2.24) is 5.32 Å². The number of fused-ring (bicyclic) bond motifs is 1. The van der Waals surface area contributed by atoms with Crippen molar-refractivity contribution >= 4 is 6.02 Å². The number of nitrogens with zero attached hydrogens (tertiary/aromatic N) is 1. The van der Waals surface area contributed by atoms with Crippen LogP contribution in [0.3, 0.4) is 0 Å². The fraction of sp³-hybridized carbons (Fsp3) is 0.889. The molecule has 15 heavy (non-hydrogen) atoms. The van der Waals surface area contributed by atoms with Gasteiger partial charge < -0.3 is 20.1 Å². The van der Waals surface area contributed by atoms with Crippen molar-refractivity contribution < 1.29 is 24.6 Å². The van der Waals surface area contributed by atoms with Gasteiger partial charge in [0.05, 0.1) is 32.7 Å². The molecule has 0 amide bonds. The fourth-order valence-corrected chi connectivity index (χ4v) is 2.20. The van der Waals surface area contributed by atoms with E-state index in [1.165, 1.54) is 0 Å². The van der Waals surface area contributed by atoms with Crippen molar-refractivity contribution in [2.24, 2.45) is 5.92 Å². The highest BCUT2D eigenvalue weighted by molar-refractivity contribution is 5.71. The summed E-state index contributed by atoms with van der Waals surface area (Å²) in [5.74, 6) is -0.435. The average molecular weight is 217 g/mol. The third kappa shape index (κ3) is 1.49. The van der Waals surface area contributed by atoms with Crippen LogP contribution in [0.2, 0.25) is 0 Å². The van der Waals surface area contributed by atoms with Gasteiger partial charge in [0.2, 0.25) is 0 Å². The van der Waals surface area contributed by atoms with E-state index < -0.39 is 18.1 Å². The molecule has 0 unspecified atom stereocenters. The van der Waals surface area contributed by atoms with Gasteiger partial charge in [-0.1, -0.05) is 0 Å². The Morgan fingerprint density at radius 1 is 1.33 bits per heavy atom. The van der Waals surface area contributed by atoms with E-state index >= 15 is 0 Å². The molecule has 5 atom stereocenters. The van der Waals surface area contributed by atoms with Gasteiger partial charge >= 0.3 is 6.02 Å². The number of hydrogen-bond acceptors (Lipinski definition) is 4. The molecule has 2 aliphatic rings. The molecule has 6 nitrogen and oxygen atoms in total. The summed E-state index contributed by atoms with van der Waals surface area (Å²) in [5, 5.41) is 31.5. The van der Waals surface area contributed by atoms with Crippen molar-refractivity contribution in [1.29, 1.82) is 0 Å². The molecule has 0 spiro atoms. The minimum Gasteiger partial charge on any atom is -0.423 e. The Morgan fingerprint density at radius 3 is 2.53 bits per heavy atom. The zero-order chi connectivity index (χ0) is 11.2. The molecule has 1 aliphatic carbocycles. The summed E-state index contributed by atoms with van der Waals surface area (Å²) in [7, 11) is 3.64. The Hall–Kier alpha value is -0.850. The van der Waals surface area contributed by atoms with Gasteiger partial charge in [-0.3, -0.25) is 0 Å². The van der Waals surface area contributed by atoms with Gasteiger partial charge in [-0.2, -0.15) is 0 Å². The molecule has 1 heterocycles. The monoisotopic (exact) mass is 217 g/mol. The van der Waals surface area contributed by atoms with Crippen LogP contribution >= 0.6 is 0 Å². The predicted octanol–water partition coefficient (Wildman–Crippen LogP) is -2.68. The largest absolute Gasteiger partial charge is 0.444 e. The van der Waals surface area contributed by atoms with Gasteiger partial charge in [-0.05, 0) is 0 Å². The molecule has 2 fully saturated rings. The maximum Gasteiger partial charge on any atom is 0.444 e. The van der Waals surface area contributed by atoms with Gasteiger partial charge in [0.25, 0.3) is 0 Å². The molecule has 0 aromatic rings. The minimum atomic E-state index is -0.929. The highest BCUT2D eigenvalue weighted by Crippen LogP contribution is 2.32. The minimum absolute atomic E-state index is 0.193. The highest BCUT2D eigenvalue weighted by atomic mass is 16.5. The number of nitrogens with one attached hydrogen (secondary N) is 1. The van der Waals surface area contributed by atoms with Crippen molar-refractivity contribution in [2.45, 2.75) is 24.4 Å². The molecule has 4 N–H and O–H groups in total. The molecule has 1 aliphatic heterocycles. The Labute approximate surface area is 87.8 Å². The zero-order valence-electron chi connectivity index (χ0n) is 8.79. The molecule has 6 heteroatoms. The van der Waals surface area contributed by atoms with Crippen molar-refractivity contribution in [3.05, 3.63) is 0 Å². The summed E-state index contributed by atoms with van der Waals surface area (Å²) in [6, 6.07) is 0.226. The number of aliphatic hydroxyl groups excluding tert-OH is 3. The lowest BCUT2D eigenvalue weighted by atomic mass is 10.1. The molecule has 1 saturated heterocycles. The SMILES string of the molecule is C[N+](C)=C1N[C@@H]2[C@@H](O)[C@H](O)[C@@H](CO)[C@@H]2O1. The third-order valence-corrected chi connectivity index (χ3v) is 3.09. The van der Waals surface area contributed by atoms with Crippen molar-refractivity contribution in [2.75, 3.05) is 20.7 Å². The predicted molar refractivity (Wildman–Crippen MR) is 51.5 cm³/mol. The van der Waals surface area contributed by atoms with E-state index in [2.05, 4.69) is 5.32 Å². The van der Waals surface area contributed by atoms with Crippen LogP contribution in [0.1, 0.15) is 0 Å². The van der Waals surface area contributed by atoms with Crippen LogP contribution in [0.4, 0.5) is 0 Å². The second-order valence-corrected chi connectivity index (χ2v) is 4.28. The van der Waals surface area contributed by atoms with Crippen LogP contribution in [-0.2, 0) is 4.74 Å². The second-order valence-electron chi connectivity index (χ2n) is 4.28. The molecule has 0 bridgehead atoms. The van der Waals surface area contributed by atoms with E-state index in [1.807, 2.05) is 14.1 Å². The first kappa shape index (κ1) is 10.7. The second kappa shape index (κ2) is 3.62. The normalized spacial score (nSPS) is 43.5. The first-order valence-corrected chi connectivity index (χ1v) is 5.00. The number of amidine groups is 1. The molecule has 2 rings (SSSR count). The molecule has 86 valence electrons. The molecule has 1 saturated carbocycles. The molecule has 0 aromatic heterocycles. The number of rotatable bonds is 1. The maximum atomic E-state index is 9.73. The van der Waals surface area contributed by atoms with E-state index in [1.54, 1.807) is 4.58 Å². The Balaban J connectivity index is 2.21. The summed E-state index contributed by atoms with van der Waals surface area (Å²) in [6.45, 7) is -0.193. The number of ether oxygens (including phenoxy) is 1. The first-order chi connectivity index (χ1) is 7.06. The highest BCUT2D eigenvalue weighted by Gasteiger charge is 2.58. The first-order valence-electron chi connectivity index (χ1n) is 5.00. The van der Waals surface area contributed by atoms with E-state index in [9.17, 15) is 10.2 Å². The Bertz CT molecular complexity index is 290. The lowest BCUT2D eigenvalue weighted by Crippen LogP contribution is -2.42. The van der Waals surface area contributed by atoms with Crippen molar-refractivity contribution in [3.8, 4) is 0 Å².